The summed E-state index contributed by atoms with van der Waals surface area (Å²) < 4.78 is 7.02. The monoisotopic (exact) mass is 348 g/mol. The Kier molecular flexibility index (Phi) is 5.37. The number of nitrogens with one attached hydrogen (secondary N) is 1. The maximum atomic E-state index is 5.96. The molecule has 0 aliphatic carbocycles. The maximum Gasteiger partial charge on any atom is 0.127 e. The highest BCUT2D eigenvalue weighted by atomic mass is 79.9. The topological polar surface area (TPSA) is 34.2 Å². The number of halogens is 1. The molecule has 3 nitrogen and oxygen atoms in total. The van der Waals surface area contributed by atoms with Crippen molar-refractivity contribution in [2.45, 2.75) is 39.5 Å². The van der Waals surface area contributed by atoms with Crippen LogP contribution in [0.3, 0.4) is 0 Å². The van der Waals surface area contributed by atoms with Gasteiger partial charge >= 0.3 is 0 Å². The molecule has 2 rings (SSSR count). The fourth-order valence-corrected chi connectivity index (χ4v) is 2.22. The van der Waals surface area contributed by atoms with Crippen LogP contribution >= 0.6 is 15.9 Å². The highest BCUT2D eigenvalue weighted by Gasteiger charge is 2.11. The van der Waals surface area contributed by atoms with Crippen molar-refractivity contribution < 1.29 is 4.74 Å². The highest BCUT2D eigenvalue weighted by molar-refractivity contribution is 9.10. The lowest BCUT2D eigenvalue weighted by Gasteiger charge is -2.21. The molecule has 0 aliphatic rings. The average Bonchev–Trinajstić information content (AvgIpc) is 2.44. The Bertz CT molecular complexity index is 593. The molecule has 1 N–H and O–H groups in total. The van der Waals surface area contributed by atoms with Crippen LogP contribution in [0.5, 0.6) is 5.75 Å². The first-order valence-corrected chi connectivity index (χ1v) is 7.79. The molecule has 0 bridgehead atoms. The van der Waals surface area contributed by atoms with Crippen molar-refractivity contribution in [2.24, 2.45) is 0 Å². The molecule has 0 unspecified atom stereocenters. The Morgan fingerprint density at radius 3 is 2.62 bits per heavy atom. The van der Waals surface area contributed by atoms with Crippen LogP contribution in [0.1, 0.15) is 31.9 Å². The van der Waals surface area contributed by atoms with Gasteiger partial charge in [0, 0.05) is 40.1 Å². The first-order valence-electron chi connectivity index (χ1n) is 7.00. The molecule has 1 aromatic heterocycles. The zero-order chi connectivity index (χ0) is 15.3. The van der Waals surface area contributed by atoms with Crippen molar-refractivity contribution in [3.8, 4) is 5.75 Å². The lowest BCUT2D eigenvalue weighted by molar-refractivity contribution is 0.299. The SMILES string of the molecule is CC(C)(C)NCc1cnccc1OCc1ccccc1Br. The molecule has 1 aromatic carbocycles. The van der Waals surface area contributed by atoms with Gasteiger partial charge in [-0.1, -0.05) is 34.1 Å². The van der Waals surface area contributed by atoms with Crippen molar-refractivity contribution in [2.75, 3.05) is 0 Å². The van der Waals surface area contributed by atoms with Gasteiger partial charge in [-0.3, -0.25) is 4.98 Å². The molecule has 0 radical (unpaired) electrons. The van der Waals surface area contributed by atoms with Gasteiger partial charge in [0.15, 0.2) is 0 Å². The summed E-state index contributed by atoms with van der Waals surface area (Å²) in [7, 11) is 0. The number of hydrogen-bond donors (Lipinski definition) is 1. The third kappa shape index (κ3) is 5.14. The minimum absolute atomic E-state index is 0.0650. The molecule has 1 heterocycles. The molecule has 0 spiro atoms. The van der Waals surface area contributed by atoms with E-state index in [1.165, 1.54) is 0 Å². The van der Waals surface area contributed by atoms with Crippen LogP contribution in [-0.4, -0.2) is 10.5 Å². The van der Waals surface area contributed by atoms with Crippen LogP contribution in [0.15, 0.2) is 47.2 Å². The van der Waals surface area contributed by atoms with Gasteiger partial charge in [0.05, 0.1) is 0 Å². The summed E-state index contributed by atoms with van der Waals surface area (Å²) in [6.45, 7) is 7.71. The van der Waals surface area contributed by atoms with Crippen LogP contribution < -0.4 is 10.1 Å². The fourth-order valence-electron chi connectivity index (χ4n) is 1.82. The Hall–Kier alpha value is -1.39. The van der Waals surface area contributed by atoms with E-state index in [-0.39, 0.29) is 5.54 Å². The predicted molar refractivity (Wildman–Crippen MR) is 89.3 cm³/mol. The molecule has 0 saturated heterocycles. The quantitative estimate of drug-likeness (QED) is 0.873. The van der Waals surface area contributed by atoms with E-state index in [0.29, 0.717) is 6.61 Å². The minimum atomic E-state index is 0.0650. The zero-order valence-electron chi connectivity index (χ0n) is 12.7. The van der Waals surface area contributed by atoms with E-state index in [2.05, 4.69) is 53.1 Å². The van der Waals surface area contributed by atoms with Crippen molar-refractivity contribution >= 4 is 15.9 Å². The Labute approximate surface area is 134 Å². The Morgan fingerprint density at radius 1 is 1.14 bits per heavy atom. The molecule has 0 atom stereocenters. The number of aromatic nitrogens is 1. The normalized spacial score (nSPS) is 11.4. The third-order valence-corrected chi connectivity index (χ3v) is 3.78. The largest absolute Gasteiger partial charge is 0.488 e. The predicted octanol–water partition coefficient (Wildman–Crippen LogP) is 4.31. The fraction of sp³-hybridized carbons (Fsp3) is 0.353. The lowest BCUT2D eigenvalue weighted by Crippen LogP contribution is -2.35. The standard InChI is InChI=1S/C17H21BrN2O/c1-17(2,3)20-11-14-10-19-9-8-16(14)21-12-13-6-4-5-7-15(13)18/h4-10,20H,11-12H2,1-3H3. The van der Waals surface area contributed by atoms with Crippen molar-refractivity contribution in [3.05, 3.63) is 58.3 Å². The molecule has 0 amide bonds. The van der Waals surface area contributed by atoms with Gasteiger partial charge in [-0.2, -0.15) is 0 Å². The van der Waals surface area contributed by atoms with Crippen molar-refractivity contribution in [1.82, 2.24) is 10.3 Å². The van der Waals surface area contributed by atoms with Gasteiger partial charge in [0.1, 0.15) is 12.4 Å². The lowest BCUT2D eigenvalue weighted by atomic mass is 10.1. The van der Waals surface area contributed by atoms with Crippen LogP contribution in [-0.2, 0) is 13.2 Å². The Balaban J connectivity index is 2.05. The van der Waals surface area contributed by atoms with Gasteiger partial charge < -0.3 is 10.1 Å². The molecule has 0 fully saturated rings. The molecule has 0 aliphatic heterocycles. The molecule has 4 heteroatoms. The summed E-state index contributed by atoms with van der Waals surface area (Å²) in [5, 5.41) is 3.46. The Morgan fingerprint density at radius 2 is 1.90 bits per heavy atom. The van der Waals surface area contributed by atoms with Gasteiger partial charge in [-0.15, -0.1) is 0 Å². The summed E-state index contributed by atoms with van der Waals surface area (Å²) >= 11 is 3.54. The van der Waals surface area contributed by atoms with E-state index >= 15 is 0 Å². The maximum absolute atomic E-state index is 5.96. The molecular weight excluding hydrogens is 328 g/mol. The number of benzene rings is 1. The molecule has 0 saturated carbocycles. The van der Waals surface area contributed by atoms with Gasteiger partial charge in [0.2, 0.25) is 0 Å². The van der Waals surface area contributed by atoms with Gasteiger partial charge in [-0.05, 0) is 32.9 Å². The first kappa shape index (κ1) is 16.0. The summed E-state index contributed by atoms with van der Waals surface area (Å²) in [4.78, 5) is 4.19. The number of hydrogen-bond acceptors (Lipinski definition) is 3. The number of nitrogens with zero attached hydrogens (tertiary/aromatic N) is 1. The van der Waals surface area contributed by atoms with E-state index < -0.39 is 0 Å². The third-order valence-electron chi connectivity index (χ3n) is 3.01. The van der Waals surface area contributed by atoms with Crippen LogP contribution in [0, 0.1) is 0 Å². The van der Waals surface area contributed by atoms with Crippen LogP contribution in [0.25, 0.3) is 0 Å². The van der Waals surface area contributed by atoms with Crippen LogP contribution in [0.4, 0.5) is 0 Å². The second-order valence-corrected chi connectivity index (χ2v) is 6.82. The second kappa shape index (κ2) is 7.05. The van der Waals surface area contributed by atoms with Gasteiger partial charge in [-0.25, -0.2) is 0 Å². The van der Waals surface area contributed by atoms with E-state index in [9.17, 15) is 0 Å². The van der Waals surface area contributed by atoms with Crippen molar-refractivity contribution in [3.63, 3.8) is 0 Å². The van der Waals surface area contributed by atoms with Crippen molar-refractivity contribution in [1.29, 1.82) is 0 Å². The molecule has 112 valence electrons. The second-order valence-electron chi connectivity index (χ2n) is 5.97. The number of rotatable bonds is 5. The molecule has 21 heavy (non-hydrogen) atoms. The van der Waals surface area contributed by atoms with E-state index in [1.54, 1.807) is 6.20 Å². The number of pyridine rings is 1. The number of ether oxygens (including phenoxy) is 1. The van der Waals surface area contributed by atoms with E-state index in [1.807, 2.05) is 30.5 Å². The summed E-state index contributed by atoms with van der Waals surface area (Å²) in [5.41, 5.74) is 2.26. The summed E-state index contributed by atoms with van der Waals surface area (Å²) in [6, 6.07) is 10.00. The molecular formula is C17H21BrN2O. The van der Waals surface area contributed by atoms with E-state index in [4.69, 9.17) is 4.74 Å². The summed E-state index contributed by atoms with van der Waals surface area (Å²) in [6.07, 6.45) is 3.62. The zero-order valence-corrected chi connectivity index (χ0v) is 14.3. The van der Waals surface area contributed by atoms with Gasteiger partial charge in [0.25, 0.3) is 0 Å². The average molecular weight is 349 g/mol. The summed E-state index contributed by atoms with van der Waals surface area (Å²) in [5.74, 6) is 0.873. The molecule has 2 aromatic rings. The smallest absolute Gasteiger partial charge is 0.127 e. The highest BCUT2D eigenvalue weighted by Crippen LogP contribution is 2.22. The van der Waals surface area contributed by atoms with Crippen LogP contribution in [0.2, 0.25) is 0 Å². The minimum Gasteiger partial charge on any atom is -0.488 e. The van der Waals surface area contributed by atoms with E-state index in [0.717, 1.165) is 27.9 Å². The first-order chi connectivity index (χ1) is 9.96.